The van der Waals surface area contributed by atoms with Crippen molar-refractivity contribution in [2.75, 3.05) is 6.54 Å². The molecule has 1 aromatic rings. The molecule has 0 radical (unpaired) electrons. The minimum atomic E-state index is -3.43. The molecule has 5 heteroatoms. The second-order valence-electron chi connectivity index (χ2n) is 5.77. The van der Waals surface area contributed by atoms with E-state index in [9.17, 15) is 8.42 Å². The molecule has 1 aliphatic carbocycles. The number of hydrogen-bond donors (Lipinski definition) is 0. The monoisotopic (exact) mass is 315 g/mol. The molecule has 0 heterocycles. The van der Waals surface area contributed by atoms with E-state index in [1.165, 1.54) is 0 Å². The highest BCUT2D eigenvalue weighted by molar-refractivity contribution is 7.89. The Morgan fingerprint density at radius 2 is 1.95 bits per heavy atom. The minimum Gasteiger partial charge on any atom is -0.207 e. The summed E-state index contributed by atoms with van der Waals surface area (Å²) in [7, 11) is -3.43. The van der Waals surface area contributed by atoms with Crippen molar-refractivity contribution in [1.29, 1.82) is 0 Å². The summed E-state index contributed by atoms with van der Waals surface area (Å²) in [6.45, 7) is 4.83. The van der Waals surface area contributed by atoms with Crippen molar-refractivity contribution in [1.82, 2.24) is 4.31 Å². The number of rotatable bonds is 7. The Balaban J connectivity index is 2.30. The van der Waals surface area contributed by atoms with Crippen molar-refractivity contribution < 1.29 is 8.42 Å². The van der Waals surface area contributed by atoms with Crippen LogP contribution in [0.5, 0.6) is 0 Å². The number of benzene rings is 1. The second-order valence-corrected chi connectivity index (χ2v) is 7.90. The minimum absolute atomic E-state index is 0.183. The van der Waals surface area contributed by atoms with E-state index in [0.717, 1.165) is 19.3 Å². The van der Waals surface area contributed by atoms with E-state index in [4.69, 9.17) is 11.6 Å². The maximum atomic E-state index is 12.9. The van der Waals surface area contributed by atoms with Gasteiger partial charge in [0.2, 0.25) is 10.0 Å². The molecular formula is C15H22ClNO2S. The Kier molecular flexibility index (Phi) is 5.10. The number of sulfonamides is 1. The molecule has 1 saturated carbocycles. The van der Waals surface area contributed by atoms with Crippen molar-refractivity contribution in [3.05, 3.63) is 29.8 Å². The van der Waals surface area contributed by atoms with Crippen LogP contribution < -0.4 is 0 Å². The largest absolute Gasteiger partial charge is 0.243 e. The van der Waals surface area contributed by atoms with E-state index < -0.39 is 10.0 Å². The fraction of sp³-hybridized carbons (Fsp3) is 0.600. The first kappa shape index (κ1) is 15.8. The van der Waals surface area contributed by atoms with Gasteiger partial charge in [-0.3, -0.25) is 0 Å². The fourth-order valence-corrected chi connectivity index (χ4v) is 4.48. The zero-order valence-corrected chi connectivity index (χ0v) is 13.6. The highest BCUT2D eigenvalue weighted by Gasteiger charge is 2.38. The van der Waals surface area contributed by atoms with E-state index >= 15 is 0 Å². The van der Waals surface area contributed by atoms with E-state index in [0.29, 0.717) is 22.9 Å². The molecule has 3 nitrogen and oxygen atoms in total. The van der Waals surface area contributed by atoms with Gasteiger partial charge in [-0.2, -0.15) is 4.31 Å². The van der Waals surface area contributed by atoms with Crippen LogP contribution in [-0.4, -0.2) is 25.3 Å². The molecule has 1 aliphatic rings. The zero-order chi connectivity index (χ0) is 14.8. The lowest BCUT2D eigenvalue weighted by Gasteiger charge is -2.23. The third kappa shape index (κ3) is 3.54. The van der Waals surface area contributed by atoms with E-state index in [-0.39, 0.29) is 11.9 Å². The topological polar surface area (TPSA) is 37.4 Å². The van der Waals surface area contributed by atoms with Gasteiger partial charge in [0.25, 0.3) is 0 Å². The highest BCUT2D eigenvalue weighted by atomic mass is 35.5. The molecule has 1 fully saturated rings. The second kappa shape index (κ2) is 6.46. The summed E-state index contributed by atoms with van der Waals surface area (Å²) in [5.41, 5.74) is 0.685. The van der Waals surface area contributed by atoms with E-state index in [1.54, 1.807) is 22.5 Å². The normalized spacial score (nSPS) is 16.1. The van der Waals surface area contributed by atoms with Gasteiger partial charge in [-0.25, -0.2) is 8.42 Å². The summed E-state index contributed by atoms with van der Waals surface area (Å²) in [5, 5.41) is 0. The Morgan fingerprint density at radius 1 is 1.30 bits per heavy atom. The summed E-state index contributed by atoms with van der Waals surface area (Å²) in [4.78, 5) is 0.366. The molecule has 0 aromatic heterocycles. The van der Waals surface area contributed by atoms with Crippen LogP contribution in [0.1, 0.15) is 38.7 Å². The highest BCUT2D eigenvalue weighted by Crippen LogP contribution is 2.33. The summed E-state index contributed by atoms with van der Waals surface area (Å²) >= 11 is 5.88. The molecule has 1 aromatic carbocycles. The molecular weight excluding hydrogens is 294 g/mol. The molecule has 112 valence electrons. The zero-order valence-electron chi connectivity index (χ0n) is 12.0. The first-order valence-electron chi connectivity index (χ1n) is 7.12. The summed E-state index contributed by atoms with van der Waals surface area (Å²) < 4.78 is 27.4. The van der Waals surface area contributed by atoms with Crippen LogP contribution >= 0.6 is 11.6 Å². The van der Waals surface area contributed by atoms with E-state index in [2.05, 4.69) is 13.8 Å². The Labute approximate surface area is 127 Å². The molecule has 0 unspecified atom stereocenters. The molecule has 20 heavy (non-hydrogen) atoms. The molecule has 0 bridgehead atoms. The smallest absolute Gasteiger partial charge is 0.207 e. The summed E-state index contributed by atoms with van der Waals surface area (Å²) in [5.74, 6) is 0.715. The number of hydrogen-bond acceptors (Lipinski definition) is 2. The van der Waals surface area contributed by atoms with Crippen molar-refractivity contribution in [3.8, 4) is 0 Å². The van der Waals surface area contributed by atoms with Crippen molar-refractivity contribution >= 4 is 21.6 Å². The summed E-state index contributed by atoms with van der Waals surface area (Å²) in [6, 6.07) is 7.22. The van der Waals surface area contributed by atoms with Crippen molar-refractivity contribution in [3.63, 3.8) is 0 Å². The molecule has 0 N–H and O–H groups in total. The average molecular weight is 316 g/mol. The Hall–Kier alpha value is -0.580. The van der Waals surface area contributed by atoms with Crippen LogP contribution in [0.3, 0.4) is 0 Å². The Bertz CT molecular complexity index is 553. The van der Waals surface area contributed by atoms with E-state index in [1.807, 2.05) is 6.07 Å². The van der Waals surface area contributed by atoms with Gasteiger partial charge in [-0.05, 0) is 36.8 Å². The lowest BCUT2D eigenvalue weighted by Crippen LogP contribution is -2.35. The lowest BCUT2D eigenvalue weighted by molar-refractivity contribution is 0.373. The van der Waals surface area contributed by atoms with Gasteiger partial charge in [0.1, 0.15) is 0 Å². The van der Waals surface area contributed by atoms with Crippen LogP contribution in [0.25, 0.3) is 0 Å². The lowest BCUT2D eigenvalue weighted by atomic mass is 10.1. The van der Waals surface area contributed by atoms with Crippen molar-refractivity contribution in [2.24, 2.45) is 5.92 Å². The van der Waals surface area contributed by atoms with Crippen LogP contribution in [0, 0.1) is 5.92 Å². The van der Waals surface area contributed by atoms with Gasteiger partial charge in [0.15, 0.2) is 0 Å². The number of halogens is 1. The molecule has 0 saturated heterocycles. The van der Waals surface area contributed by atoms with Crippen LogP contribution in [0.15, 0.2) is 29.2 Å². The van der Waals surface area contributed by atoms with Crippen molar-refractivity contribution in [2.45, 2.75) is 49.9 Å². The molecule has 0 spiro atoms. The van der Waals surface area contributed by atoms with Gasteiger partial charge in [-0.15, -0.1) is 11.6 Å². The molecule has 0 atom stereocenters. The number of alkyl halides is 1. The number of nitrogens with zero attached hydrogens (tertiary/aromatic N) is 1. The average Bonchev–Trinajstić information content (AvgIpc) is 3.23. The maximum absolute atomic E-state index is 12.9. The van der Waals surface area contributed by atoms with Crippen LogP contribution in [0.4, 0.5) is 0 Å². The third-order valence-electron chi connectivity index (χ3n) is 3.58. The van der Waals surface area contributed by atoms with Gasteiger partial charge in [-0.1, -0.05) is 32.0 Å². The molecule has 0 aliphatic heterocycles. The van der Waals surface area contributed by atoms with Crippen LogP contribution in [-0.2, 0) is 15.9 Å². The van der Waals surface area contributed by atoms with Gasteiger partial charge in [0, 0.05) is 18.5 Å². The molecule has 0 amide bonds. The maximum Gasteiger partial charge on any atom is 0.243 e. The standard InChI is InChI=1S/C15H22ClNO2S/c1-12(2)9-10-17(14-7-8-14)20(18,19)15-6-4-3-5-13(15)11-16/h3-6,12,14H,7-11H2,1-2H3. The predicted octanol–water partition coefficient (Wildman–Crippen LogP) is 3.62. The van der Waals surface area contributed by atoms with Gasteiger partial charge >= 0.3 is 0 Å². The van der Waals surface area contributed by atoms with Gasteiger partial charge in [0.05, 0.1) is 4.90 Å². The van der Waals surface area contributed by atoms with Crippen LogP contribution in [0.2, 0.25) is 0 Å². The predicted molar refractivity (Wildman–Crippen MR) is 82.4 cm³/mol. The quantitative estimate of drug-likeness (QED) is 0.721. The Morgan fingerprint density at radius 3 is 2.50 bits per heavy atom. The van der Waals surface area contributed by atoms with Gasteiger partial charge < -0.3 is 0 Å². The summed E-state index contributed by atoms with van der Waals surface area (Å²) in [6.07, 6.45) is 2.83. The molecule has 2 rings (SSSR count). The first-order valence-corrected chi connectivity index (χ1v) is 9.10. The first-order chi connectivity index (χ1) is 9.46. The SMILES string of the molecule is CC(C)CCN(C1CC1)S(=O)(=O)c1ccccc1CCl. The fourth-order valence-electron chi connectivity index (χ4n) is 2.24. The third-order valence-corrected chi connectivity index (χ3v) is 5.92.